The van der Waals surface area contributed by atoms with Gasteiger partial charge < -0.3 is 15.4 Å². The van der Waals surface area contributed by atoms with Crippen LogP contribution in [0.3, 0.4) is 0 Å². The van der Waals surface area contributed by atoms with E-state index in [4.69, 9.17) is 4.74 Å². The lowest BCUT2D eigenvalue weighted by Gasteiger charge is -2.13. The summed E-state index contributed by atoms with van der Waals surface area (Å²) in [6.45, 7) is 3.02. The van der Waals surface area contributed by atoms with E-state index in [1.807, 2.05) is 12.1 Å². The van der Waals surface area contributed by atoms with Gasteiger partial charge in [0.15, 0.2) is 17.4 Å². The third-order valence-corrected chi connectivity index (χ3v) is 5.14. The number of anilines is 3. The van der Waals surface area contributed by atoms with Crippen LogP contribution >= 0.6 is 0 Å². The molecule has 0 aromatic heterocycles. The predicted molar refractivity (Wildman–Crippen MR) is 125 cm³/mol. The Labute approximate surface area is 191 Å². The topological polar surface area (TPSA) is 67.4 Å². The molecule has 33 heavy (non-hydrogen) atoms. The molecule has 2 N–H and O–H groups in total. The predicted octanol–water partition coefficient (Wildman–Crippen LogP) is 6.33. The van der Waals surface area contributed by atoms with Gasteiger partial charge in [-0.3, -0.25) is 4.79 Å². The Morgan fingerprint density at radius 2 is 1.55 bits per heavy atom. The summed E-state index contributed by atoms with van der Waals surface area (Å²) in [4.78, 5) is 25.3. The molecule has 0 amide bonds. The summed E-state index contributed by atoms with van der Waals surface area (Å²) < 4.78 is 31.6. The maximum Gasteiger partial charge on any atom is 0.339 e. The van der Waals surface area contributed by atoms with Crippen LogP contribution in [0.1, 0.15) is 52.5 Å². The average Bonchev–Trinajstić information content (AvgIpc) is 2.84. The van der Waals surface area contributed by atoms with Crippen molar-refractivity contribution in [2.45, 2.75) is 26.2 Å². The molecule has 0 heterocycles. The fraction of sp³-hybridized carbons (Fsp3) is 0.231. The van der Waals surface area contributed by atoms with E-state index in [0.717, 1.165) is 43.6 Å². The number of hydrogen-bond acceptors (Lipinski definition) is 5. The van der Waals surface area contributed by atoms with E-state index in [0.29, 0.717) is 16.8 Å². The first-order valence-corrected chi connectivity index (χ1v) is 10.8. The number of ketones is 1. The number of rotatable bonds is 10. The minimum absolute atomic E-state index is 0.0993. The Morgan fingerprint density at radius 3 is 2.21 bits per heavy atom. The summed E-state index contributed by atoms with van der Waals surface area (Å²) in [5.74, 6) is -2.91. The number of carbonyl (C=O) groups excluding carboxylic acids is 2. The highest BCUT2D eigenvalue weighted by molar-refractivity contribution is 6.11. The molecule has 0 saturated heterocycles. The van der Waals surface area contributed by atoms with E-state index in [9.17, 15) is 18.4 Å². The summed E-state index contributed by atoms with van der Waals surface area (Å²) in [7, 11) is 1.23. The first-order chi connectivity index (χ1) is 15.9. The van der Waals surface area contributed by atoms with Crippen molar-refractivity contribution in [3.05, 3.63) is 89.0 Å². The van der Waals surface area contributed by atoms with Crippen molar-refractivity contribution in [2.75, 3.05) is 24.3 Å². The van der Waals surface area contributed by atoms with Crippen molar-refractivity contribution >= 4 is 28.8 Å². The van der Waals surface area contributed by atoms with Crippen LogP contribution in [0.25, 0.3) is 0 Å². The number of halogens is 2. The van der Waals surface area contributed by atoms with Crippen LogP contribution in [0.15, 0.2) is 60.7 Å². The largest absolute Gasteiger partial charge is 0.465 e. The summed E-state index contributed by atoms with van der Waals surface area (Å²) in [5.41, 5.74) is 2.36. The van der Waals surface area contributed by atoms with Crippen molar-refractivity contribution < 1.29 is 23.1 Å². The van der Waals surface area contributed by atoms with Crippen molar-refractivity contribution in [1.82, 2.24) is 0 Å². The molecule has 0 atom stereocenters. The maximum atomic E-state index is 13.5. The molecule has 0 saturated carbocycles. The number of hydrogen-bond donors (Lipinski definition) is 2. The molecular formula is C26H26F2N2O3. The molecule has 0 bridgehead atoms. The molecule has 0 aliphatic rings. The molecule has 3 rings (SSSR count). The van der Waals surface area contributed by atoms with Gasteiger partial charge in [0.1, 0.15) is 0 Å². The van der Waals surface area contributed by atoms with Gasteiger partial charge in [-0.1, -0.05) is 19.8 Å². The summed E-state index contributed by atoms with van der Waals surface area (Å²) >= 11 is 0. The normalized spacial score (nSPS) is 10.5. The summed E-state index contributed by atoms with van der Waals surface area (Å²) in [6.07, 6.45) is 3.39. The molecule has 0 radical (unpaired) electrons. The SMILES string of the molecule is CCCCCNc1ccc(C(=O)c2ccc(Nc3ccc(F)c(F)c3)c(C(=O)OC)c2)cc1. The van der Waals surface area contributed by atoms with Gasteiger partial charge in [-0.05, 0) is 61.0 Å². The number of esters is 1. The Hall–Kier alpha value is -3.74. The molecule has 3 aromatic carbocycles. The number of methoxy groups -OCH3 is 1. The minimum atomic E-state index is -1.02. The van der Waals surface area contributed by atoms with E-state index in [-0.39, 0.29) is 17.0 Å². The van der Waals surface area contributed by atoms with Gasteiger partial charge in [0, 0.05) is 35.1 Å². The Kier molecular flexibility index (Phi) is 8.13. The highest BCUT2D eigenvalue weighted by Crippen LogP contribution is 2.25. The number of carbonyl (C=O) groups is 2. The van der Waals surface area contributed by atoms with Crippen LogP contribution in [-0.2, 0) is 4.74 Å². The quantitative estimate of drug-likeness (QED) is 0.214. The van der Waals surface area contributed by atoms with Gasteiger partial charge in [0.2, 0.25) is 0 Å². The monoisotopic (exact) mass is 452 g/mol. The zero-order chi connectivity index (χ0) is 23.8. The Bertz CT molecular complexity index is 1130. The molecule has 5 nitrogen and oxygen atoms in total. The number of ether oxygens (including phenoxy) is 1. The third-order valence-electron chi connectivity index (χ3n) is 5.14. The molecular weight excluding hydrogens is 426 g/mol. The Balaban J connectivity index is 1.80. The number of nitrogens with one attached hydrogen (secondary N) is 2. The lowest BCUT2D eigenvalue weighted by atomic mass is 10.00. The number of unbranched alkanes of at least 4 members (excludes halogenated alkanes) is 2. The highest BCUT2D eigenvalue weighted by Gasteiger charge is 2.17. The number of benzene rings is 3. The van der Waals surface area contributed by atoms with Crippen LogP contribution in [0, 0.1) is 11.6 Å². The first-order valence-electron chi connectivity index (χ1n) is 10.8. The van der Waals surface area contributed by atoms with Crippen molar-refractivity contribution in [3.63, 3.8) is 0 Å². The molecule has 172 valence electrons. The summed E-state index contributed by atoms with van der Waals surface area (Å²) in [5, 5.41) is 6.19. The second-order valence-corrected chi connectivity index (χ2v) is 7.55. The van der Waals surface area contributed by atoms with Crippen LogP contribution in [0.4, 0.5) is 25.8 Å². The molecule has 0 aliphatic heterocycles. The van der Waals surface area contributed by atoms with Gasteiger partial charge in [0.25, 0.3) is 0 Å². The van der Waals surface area contributed by atoms with Gasteiger partial charge in [-0.15, -0.1) is 0 Å². The van der Waals surface area contributed by atoms with E-state index < -0.39 is 17.6 Å². The molecule has 0 fully saturated rings. The first kappa shape index (κ1) is 23.9. The van der Waals surface area contributed by atoms with Crippen molar-refractivity contribution in [1.29, 1.82) is 0 Å². The lowest BCUT2D eigenvalue weighted by Crippen LogP contribution is -2.09. The molecule has 0 unspecified atom stereocenters. The van der Waals surface area contributed by atoms with Crippen molar-refractivity contribution in [3.8, 4) is 0 Å². The molecule has 0 spiro atoms. The zero-order valence-electron chi connectivity index (χ0n) is 18.6. The fourth-order valence-corrected chi connectivity index (χ4v) is 3.32. The van der Waals surface area contributed by atoms with Crippen molar-refractivity contribution in [2.24, 2.45) is 0 Å². The highest BCUT2D eigenvalue weighted by atomic mass is 19.2. The van der Waals surface area contributed by atoms with E-state index in [1.165, 1.54) is 25.3 Å². The second kappa shape index (κ2) is 11.2. The smallest absolute Gasteiger partial charge is 0.339 e. The van der Waals surface area contributed by atoms with Gasteiger partial charge in [-0.2, -0.15) is 0 Å². The minimum Gasteiger partial charge on any atom is -0.465 e. The zero-order valence-corrected chi connectivity index (χ0v) is 18.6. The van der Waals surface area contributed by atoms with Crippen LogP contribution in [0.5, 0.6) is 0 Å². The molecule has 3 aromatic rings. The Morgan fingerprint density at radius 1 is 0.848 bits per heavy atom. The van der Waals surface area contributed by atoms with Crippen LogP contribution < -0.4 is 10.6 Å². The molecule has 0 aliphatic carbocycles. The van der Waals surface area contributed by atoms with E-state index >= 15 is 0 Å². The lowest BCUT2D eigenvalue weighted by molar-refractivity contribution is 0.0602. The summed E-state index contributed by atoms with van der Waals surface area (Å²) in [6, 6.07) is 15.0. The van der Waals surface area contributed by atoms with Crippen LogP contribution in [-0.4, -0.2) is 25.4 Å². The van der Waals surface area contributed by atoms with E-state index in [1.54, 1.807) is 18.2 Å². The molecule has 7 heteroatoms. The van der Waals surface area contributed by atoms with Gasteiger partial charge in [-0.25, -0.2) is 13.6 Å². The van der Waals surface area contributed by atoms with Gasteiger partial charge >= 0.3 is 5.97 Å². The standard InChI is InChI=1S/C26H26F2N2O3/c1-3-4-5-14-29-19-9-6-17(7-10-19)25(31)18-8-13-24(21(15-18)26(32)33-2)30-20-11-12-22(27)23(28)16-20/h6-13,15-16,29-30H,3-5,14H2,1-2H3. The third kappa shape index (κ3) is 6.16. The second-order valence-electron chi connectivity index (χ2n) is 7.55. The maximum absolute atomic E-state index is 13.5. The van der Waals surface area contributed by atoms with E-state index in [2.05, 4.69) is 17.6 Å². The average molecular weight is 453 g/mol. The van der Waals surface area contributed by atoms with Gasteiger partial charge in [0.05, 0.1) is 18.4 Å². The van der Waals surface area contributed by atoms with Crippen LogP contribution in [0.2, 0.25) is 0 Å². The fourth-order valence-electron chi connectivity index (χ4n) is 3.32.